The molecule has 1 saturated heterocycles. The Morgan fingerprint density at radius 2 is 2.14 bits per heavy atom. The summed E-state index contributed by atoms with van der Waals surface area (Å²) in [5.74, 6) is -0.692. The molecule has 2 atom stereocenters. The lowest BCUT2D eigenvalue weighted by Crippen LogP contribution is -2.44. The van der Waals surface area contributed by atoms with Crippen molar-refractivity contribution in [1.82, 2.24) is 5.32 Å². The van der Waals surface area contributed by atoms with E-state index >= 15 is 0 Å². The number of amides is 1. The summed E-state index contributed by atoms with van der Waals surface area (Å²) in [6.07, 6.45) is 1.94. The van der Waals surface area contributed by atoms with Crippen LogP contribution in [0.1, 0.15) is 18.4 Å². The highest BCUT2D eigenvalue weighted by atomic mass is 16.5. The van der Waals surface area contributed by atoms with Crippen LogP contribution in [0.5, 0.6) is 0 Å². The van der Waals surface area contributed by atoms with Crippen LogP contribution in [-0.2, 0) is 25.5 Å². The summed E-state index contributed by atoms with van der Waals surface area (Å²) in [6.45, 7) is 1.03. The van der Waals surface area contributed by atoms with Gasteiger partial charge in [-0.15, -0.1) is 0 Å². The van der Waals surface area contributed by atoms with E-state index in [-0.39, 0.29) is 11.8 Å². The van der Waals surface area contributed by atoms with E-state index in [0.29, 0.717) is 32.5 Å². The Morgan fingerprint density at radius 3 is 2.76 bits per heavy atom. The van der Waals surface area contributed by atoms with Gasteiger partial charge < -0.3 is 14.8 Å². The van der Waals surface area contributed by atoms with Gasteiger partial charge in [-0.3, -0.25) is 4.79 Å². The molecule has 1 fully saturated rings. The zero-order valence-corrected chi connectivity index (χ0v) is 12.2. The standard InChI is InChI=1S/C16H21NO4/c1-20-16(19)14(8-7-12-5-3-2-4-6-12)17-15(18)13-9-10-21-11-13/h2-6,13-14H,7-11H2,1H3,(H,17,18)/t13-,14-/m0/s1. The Bertz CT molecular complexity index is 468. The van der Waals surface area contributed by atoms with E-state index in [2.05, 4.69) is 5.32 Å². The van der Waals surface area contributed by atoms with Gasteiger partial charge in [0.15, 0.2) is 0 Å². The topological polar surface area (TPSA) is 64.6 Å². The summed E-state index contributed by atoms with van der Waals surface area (Å²) in [6, 6.07) is 9.25. The highest BCUT2D eigenvalue weighted by Gasteiger charge is 2.28. The highest BCUT2D eigenvalue weighted by molar-refractivity contribution is 5.85. The molecule has 0 bridgehead atoms. The Hall–Kier alpha value is -1.88. The van der Waals surface area contributed by atoms with E-state index < -0.39 is 12.0 Å². The maximum Gasteiger partial charge on any atom is 0.328 e. The lowest BCUT2D eigenvalue weighted by Gasteiger charge is -2.18. The van der Waals surface area contributed by atoms with Gasteiger partial charge in [0.25, 0.3) is 0 Å². The molecule has 0 radical (unpaired) electrons. The summed E-state index contributed by atoms with van der Waals surface area (Å²) < 4.78 is 9.98. The van der Waals surface area contributed by atoms with Gasteiger partial charge in [0.2, 0.25) is 5.91 Å². The van der Waals surface area contributed by atoms with Gasteiger partial charge in [-0.25, -0.2) is 4.79 Å². The third kappa shape index (κ3) is 4.56. The van der Waals surface area contributed by atoms with E-state index in [1.165, 1.54) is 7.11 Å². The van der Waals surface area contributed by atoms with Crippen molar-refractivity contribution < 1.29 is 19.1 Å². The Labute approximate surface area is 124 Å². The summed E-state index contributed by atoms with van der Waals surface area (Å²) >= 11 is 0. The molecule has 1 heterocycles. The molecule has 114 valence electrons. The van der Waals surface area contributed by atoms with Crippen LogP contribution in [0.15, 0.2) is 30.3 Å². The predicted octanol–water partition coefficient (Wildman–Crippen LogP) is 1.31. The van der Waals surface area contributed by atoms with Crippen LogP contribution in [0.2, 0.25) is 0 Å². The van der Waals surface area contributed by atoms with Gasteiger partial charge >= 0.3 is 5.97 Å². The molecule has 0 spiro atoms. The van der Waals surface area contributed by atoms with E-state index in [0.717, 1.165) is 5.56 Å². The molecule has 2 rings (SSSR count). The fourth-order valence-electron chi connectivity index (χ4n) is 2.38. The second-order valence-corrected chi connectivity index (χ2v) is 5.17. The molecular weight excluding hydrogens is 270 g/mol. The van der Waals surface area contributed by atoms with Gasteiger partial charge in [0, 0.05) is 6.61 Å². The minimum absolute atomic E-state index is 0.129. The smallest absolute Gasteiger partial charge is 0.328 e. The minimum Gasteiger partial charge on any atom is -0.467 e. The van der Waals surface area contributed by atoms with Crippen LogP contribution in [0.25, 0.3) is 0 Å². The van der Waals surface area contributed by atoms with Crippen LogP contribution in [0, 0.1) is 5.92 Å². The van der Waals surface area contributed by atoms with Crippen molar-refractivity contribution in [3.05, 3.63) is 35.9 Å². The first-order valence-electron chi connectivity index (χ1n) is 7.20. The van der Waals surface area contributed by atoms with Crippen molar-refractivity contribution in [2.45, 2.75) is 25.3 Å². The van der Waals surface area contributed by atoms with Crippen LogP contribution < -0.4 is 5.32 Å². The monoisotopic (exact) mass is 291 g/mol. The van der Waals surface area contributed by atoms with Gasteiger partial charge in [-0.2, -0.15) is 0 Å². The maximum atomic E-state index is 12.1. The quantitative estimate of drug-likeness (QED) is 0.803. The predicted molar refractivity (Wildman–Crippen MR) is 77.6 cm³/mol. The number of esters is 1. The van der Waals surface area contributed by atoms with Gasteiger partial charge in [0.1, 0.15) is 6.04 Å². The molecule has 1 aromatic carbocycles. The number of methoxy groups -OCH3 is 1. The number of aryl methyl sites for hydroxylation is 1. The molecule has 1 aliphatic heterocycles. The average Bonchev–Trinajstić information content (AvgIpc) is 3.06. The zero-order valence-electron chi connectivity index (χ0n) is 12.2. The van der Waals surface area contributed by atoms with Crippen molar-refractivity contribution in [3.8, 4) is 0 Å². The molecule has 0 unspecified atom stereocenters. The first kappa shape index (κ1) is 15.5. The fraction of sp³-hybridized carbons (Fsp3) is 0.500. The molecule has 1 amide bonds. The highest BCUT2D eigenvalue weighted by Crippen LogP contribution is 2.13. The molecule has 5 heteroatoms. The molecule has 21 heavy (non-hydrogen) atoms. The van der Waals surface area contributed by atoms with Crippen molar-refractivity contribution in [2.75, 3.05) is 20.3 Å². The number of nitrogens with one attached hydrogen (secondary N) is 1. The first-order chi connectivity index (χ1) is 10.2. The van der Waals surface area contributed by atoms with E-state index in [4.69, 9.17) is 9.47 Å². The normalized spacial score (nSPS) is 19.0. The number of benzene rings is 1. The number of carbonyl (C=O) groups excluding carboxylic acids is 2. The van der Waals surface area contributed by atoms with Crippen LogP contribution >= 0.6 is 0 Å². The molecule has 5 nitrogen and oxygen atoms in total. The summed E-state index contributed by atoms with van der Waals surface area (Å²) in [5.41, 5.74) is 1.13. The zero-order chi connectivity index (χ0) is 15.1. The van der Waals surface area contributed by atoms with Crippen LogP contribution in [0.3, 0.4) is 0 Å². The lowest BCUT2D eigenvalue weighted by molar-refractivity contribution is -0.145. The van der Waals surface area contributed by atoms with Crippen molar-refractivity contribution in [3.63, 3.8) is 0 Å². The number of carbonyl (C=O) groups is 2. The lowest BCUT2D eigenvalue weighted by atomic mass is 10.0. The van der Waals surface area contributed by atoms with Crippen molar-refractivity contribution in [2.24, 2.45) is 5.92 Å². The molecule has 1 aliphatic rings. The minimum atomic E-state index is -0.608. The second kappa shape index (κ2) is 7.78. The molecular formula is C16H21NO4. The Kier molecular flexibility index (Phi) is 5.75. The van der Waals surface area contributed by atoms with E-state index in [1.807, 2.05) is 30.3 Å². The summed E-state index contributed by atoms with van der Waals surface area (Å²) in [5, 5.41) is 2.79. The third-order valence-corrected chi connectivity index (χ3v) is 3.67. The summed E-state index contributed by atoms with van der Waals surface area (Å²) in [7, 11) is 1.34. The SMILES string of the molecule is COC(=O)[C@H](CCc1ccccc1)NC(=O)[C@H]1CCOC1. The van der Waals surface area contributed by atoms with Gasteiger partial charge in [0.05, 0.1) is 19.6 Å². The third-order valence-electron chi connectivity index (χ3n) is 3.67. The van der Waals surface area contributed by atoms with Gasteiger partial charge in [-0.1, -0.05) is 30.3 Å². The number of rotatable bonds is 6. The molecule has 0 saturated carbocycles. The van der Waals surface area contributed by atoms with Crippen LogP contribution in [0.4, 0.5) is 0 Å². The van der Waals surface area contributed by atoms with Crippen LogP contribution in [-0.4, -0.2) is 38.2 Å². The van der Waals surface area contributed by atoms with E-state index in [9.17, 15) is 9.59 Å². The summed E-state index contributed by atoms with van der Waals surface area (Å²) in [4.78, 5) is 23.9. The van der Waals surface area contributed by atoms with Gasteiger partial charge in [-0.05, 0) is 24.8 Å². The van der Waals surface area contributed by atoms with Crippen molar-refractivity contribution >= 4 is 11.9 Å². The molecule has 0 aliphatic carbocycles. The molecule has 1 aromatic rings. The Balaban J connectivity index is 1.91. The first-order valence-corrected chi connectivity index (χ1v) is 7.20. The largest absolute Gasteiger partial charge is 0.467 e. The fourth-order valence-corrected chi connectivity index (χ4v) is 2.38. The number of hydrogen-bond acceptors (Lipinski definition) is 4. The van der Waals surface area contributed by atoms with E-state index in [1.54, 1.807) is 0 Å². The Morgan fingerprint density at radius 1 is 1.38 bits per heavy atom. The second-order valence-electron chi connectivity index (χ2n) is 5.17. The average molecular weight is 291 g/mol. The number of hydrogen-bond donors (Lipinski definition) is 1. The number of ether oxygens (including phenoxy) is 2. The maximum absolute atomic E-state index is 12.1. The molecule has 0 aromatic heterocycles. The van der Waals surface area contributed by atoms with Crippen molar-refractivity contribution in [1.29, 1.82) is 0 Å². The molecule has 1 N–H and O–H groups in total.